The summed E-state index contributed by atoms with van der Waals surface area (Å²) in [5.74, 6) is 0.736. The summed E-state index contributed by atoms with van der Waals surface area (Å²) in [6, 6.07) is 3.43. The molecule has 0 aromatic carbocycles. The van der Waals surface area contributed by atoms with Gasteiger partial charge in [0, 0.05) is 6.04 Å². The molecule has 0 saturated heterocycles. The summed E-state index contributed by atoms with van der Waals surface area (Å²) in [7, 11) is 0. The van der Waals surface area contributed by atoms with Crippen LogP contribution >= 0.6 is 11.6 Å². The summed E-state index contributed by atoms with van der Waals surface area (Å²) in [6.07, 6.45) is 0. The van der Waals surface area contributed by atoms with Gasteiger partial charge in [-0.3, -0.25) is 4.79 Å². The van der Waals surface area contributed by atoms with E-state index in [1.807, 2.05) is 25.7 Å². The van der Waals surface area contributed by atoms with Crippen molar-refractivity contribution >= 4 is 29.0 Å². The zero-order valence-electron chi connectivity index (χ0n) is 9.49. The van der Waals surface area contributed by atoms with Crippen LogP contribution in [-0.4, -0.2) is 23.0 Å². The van der Waals surface area contributed by atoms with Crippen LogP contribution in [0.1, 0.15) is 20.8 Å². The average Bonchev–Trinajstić information content (AvgIpc) is 2.20. The zero-order valence-corrected chi connectivity index (χ0v) is 10.2. The van der Waals surface area contributed by atoms with Gasteiger partial charge in [-0.15, -0.1) is 0 Å². The van der Waals surface area contributed by atoms with Crippen molar-refractivity contribution in [2.45, 2.75) is 32.9 Å². The van der Waals surface area contributed by atoms with Gasteiger partial charge in [-0.1, -0.05) is 11.6 Å². The lowest BCUT2D eigenvalue weighted by molar-refractivity contribution is -0.117. The van der Waals surface area contributed by atoms with Crippen LogP contribution in [0.4, 0.5) is 11.5 Å². The quantitative estimate of drug-likeness (QED) is 0.765. The maximum absolute atomic E-state index is 11.7. The van der Waals surface area contributed by atoms with Crippen LogP contribution in [0, 0.1) is 0 Å². The topological polar surface area (TPSA) is 45.2 Å². The highest BCUT2D eigenvalue weighted by atomic mass is 35.5. The molecule has 1 aromatic heterocycles. The third-order valence-electron chi connectivity index (χ3n) is 2.70. The van der Waals surface area contributed by atoms with E-state index in [1.54, 1.807) is 12.1 Å². The molecule has 4 nitrogen and oxygen atoms in total. The van der Waals surface area contributed by atoms with E-state index >= 15 is 0 Å². The fourth-order valence-electron chi connectivity index (χ4n) is 1.96. The van der Waals surface area contributed by atoms with Crippen LogP contribution in [-0.2, 0) is 4.79 Å². The van der Waals surface area contributed by atoms with Crippen LogP contribution in [0.3, 0.4) is 0 Å². The lowest BCUT2D eigenvalue weighted by atomic mass is 10.1. The van der Waals surface area contributed by atoms with Crippen molar-refractivity contribution < 1.29 is 4.79 Å². The Kier molecular flexibility index (Phi) is 2.76. The molecule has 16 heavy (non-hydrogen) atoms. The second-order valence-electron chi connectivity index (χ2n) is 4.17. The predicted octanol–water partition coefficient (Wildman–Crippen LogP) is 2.29. The van der Waals surface area contributed by atoms with Gasteiger partial charge in [0.15, 0.2) is 5.82 Å². The minimum absolute atomic E-state index is 0.00896. The van der Waals surface area contributed by atoms with Gasteiger partial charge >= 0.3 is 0 Å². The molecule has 1 amide bonds. The van der Waals surface area contributed by atoms with Gasteiger partial charge in [0.2, 0.25) is 5.91 Å². The third kappa shape index (κ3) is 1.73. The summed E-state index contributed by atoms with van der Waals surface area (Å²) in [6.45, 7) is 5.92. The molecule has 5 heteroatoms. The highest BCUT2D eigenvalue weighted by molar-refractivity contribution is 6.29. The number of fused-ring (bicyclic) bond motifs is 1. The minimum Gasteiger partial charge on any atom is -0.341 e. The number of nitrogens with zero attached hydrogens (tertiary/aromatic N) is 2. The smallest absolute Gasteiger partial charge is 0.246 e. The van der Waals surface area contributed by atoms with Gasteiger partial charge < -0.3 is 10.2 Å². The first-order chi connectivity index (χ1) is 7.50. The monoisotopic (exact) mass is 239 g/mol. The van der Waals surface area contributed by atoms with E-state index in [1.165, 1.54) is 0 Å². The molecule has 0 bridgehead atoms. The average molecular weight is 240 g/mol. The van der Waals surface area contributed by atoms with E-state index in [4.69, 9.17) is 11.6 Å². The van der Waals surface area contributed by atoms with Crippen LogP contribution in [0.2, 0.25) is 5.15 Å². The summed E-state index contributed by atoms with van der Waals surface area (Å²) < 4.78 is 0. The molecule has 1 aliphatic heterocycles. The number of halogens is 1. The predicted molar refractivity (Wildman–Crippen MR) is 65.0 cm³/mol. The van der Waals surface area contributed by atoms with E-state index in [0.717, 1.165) is 11.5 Å². The number of anilines is 2. The molecule has 86 valence electrons. The van der Waals surface area contributed by atoms with E-state index in [2.05, 4.69) is 10.3 Å². The van der Waals surface area contributed by atoms with Gasteiger partial charge in [-0.25, -0.2) is 4.98 Å². The molecule has 0 spiro atoms. The van der Waals surface area contributed by atoms with E-state index in [9.17, 15) is 4.79 Å². The second-order valence-corrected chi connectivity index (χ2v) is 4.56. The van der Waals surface area contributed by atoms with E-state index in [-0.39, 0.29) is 18.0 Å². The highest BCUT2D eigenvalue weighted by Crippen LogP contribution is 2.32. The van der Waals surface area contributed by atoms with E-state index < -0.39 is 0 Å². The molecule has 0 unspecified atom stereocenters. The van der Waals surface area contributed by atoms with Crippen LogP contribution in [0.15, 0.2) is 12.1 Å². The summed E-state index contributed by atoms with van der Waals surface area (Å²) in [5, 5.41) is 3.26. The Bertz CT molecular complexity index is 433. The number of aromatic nitrogens is 1. The van der Waals surface area contributed by atoms with Crippen LogP contribution in [0.25, 0.3) is 0 Å². The maximum Gasteiger partial charge on any atom is 0.246 e. The normalized spacial score (nSPS) is 19.7. The molecule has 0 fully saturated rings. The fourth-order valence-corrected chi connectivity index (χ4v) is 2.10. The lowest BCUT2D eigenvalue weighted by Gasteiger charge is -2.38. The van der Waals surface area contributed by atoms with Gasteiger partial charge in [-0.2, -0.15) is 0 Å². The van der Waals surface area contributed by atoms with Crippen molar-refractivity contribution in [1.82, 2.24) is 4.98 Å². The fraction of sp³-hybridized carbons (Fsp3) is 0.455. The molecular formula is C11H14ClN3O. The van der Waals surface area contributed by atoms with Crippen molar-refractivity contribution in [3.05, 3.63) is 17.3 Å². The van der Waals surface area contributed by atoms with Crippen molar-refractivity contribution in [3.63, 3.8) is 0 Å². The highest BCUT2D eigenvalue weighted by Gasteiger charge is 2.32. The Hall–Kier alpha value is -1.29. The van der Waals surface area contributed by atoms with Crippen molar-refractivity contribution in [2.24, 2.45) is 0 Å². The van der Waals surface area contributed by atoms with Crippen LogP contribution in [0.5, 0.6) is 0 Å². The summed E-state index contributed by atoms with van der Waals surface area (Å²) >= 11 is 5.88. The zero-order chi connectivity index (χ0) is 11.9. The molecule has 1 atom stereocenters. The molecule has 1 N–H and O–H groups in total. The van der Waals surface area contributed by atoms with Crippen LogP contribution < -0.4 is 10.2 Å². The Morgan fingerprint density at radius 3 is 2.81 bits per heavy atom. The number of rotatable bonds is 1. The molecule has 0 saturated carbocycles. The molecule has 0 radical (unpaired) electrons. The number of carbonyl (C=O) groups excluding carboxylic acids is 1. The maximum atomic E-state index is 11.7. The molecule has 2 rings (SSSR count). The molecular weight excluding hydrogens is 226 g/mol. The second kappa shape index (κ2) is 3.94. The van der Waals surface area contributed by atoms with Crippen molar-refractivity contribution in [2.75, 3.05) is 10.2 Å². The number of hydrogen-bond donors (Lipinski definition) is 1. The van der Waals surface area contributed by atoms with E-state index in [0.29, 0.717) is 5.15 Å². The Morgan fingerprint density at radius 1 is 1.50 bits per heavy atom. The number of carbonyl (C=O) groups is 1. The standard InChI is InChI=1S/C11H14ClN3O/c1-6(2)15-7(3)11(16)13-8-4-5-9(12)14-10(8)15/h4-7H,1-3H3,(H,13,16)/t7-/m1/s1. The molecule has 2 heterocycles. The van der Waals surface area contributed by atoms with Gasteiger partial charge in [0.05, 0.1) is 5.69 Å². The van der Waals surface area contributed by atoms with Crippen molar-refractivity contribution in [1.29, 1.82) is 0 Å². The number of nitrogens with one attached hydrogen (secondary N) is 1. The Morgan fingerprint density at radius 2 is 2.19 bits per heavy atom. The first-order valence-corrected chi connectivity index (χ1v) is 5.64. The summed E-state index contributed by atoms with van der Waals surface area (Å²) in [4.78, 5) is 18.0. The van der Waals surface area contributed by atoms with Gasteiger partial charge in [0.1, 0.15) is 11.2 Å². The van der Waals surface area contributed by atoms with Gasteiger partial charge in [0.25, 0.3) is 0 Å². The van der Waals surface area contributed by atoms with Crippen molar-refractivity contribution in [3.8, 4) is 0 Å². The molecule has 1 aromatic rings. The summed E-state index contributed by atoms with van der Waals surface area (Å²) in [5.41, 5.74) is 0.723. The third-order valence-corrected chi connectivity index (χ3v) is 2.91. The lowest BCUT2D eigenvalue weighted by Crippen LogP contribution is -2.50. The number of hydrogen-bond acceptors (Lipinski definition) is 3. The van der Waals surface area contributed by atoms with Gasteiger partial charge in [-0.05, 0) is 32.9 Å². The Balaban J connectivity index is 2.53. The first kappa shape index (κ1) is 11.2. The molecule has 0 aliphatic carbocycles. The molecule has 1 aliphatic rings. The number of amides is 1. The minimum atomic E-state index is -0.224. The Labute approximate surface area is 99.6 Å². The SMILES string of the molecule is CC(C)N1c2nc(Cl)ccc2NC(=O)[C@H]1C. The first-order valence-electron chi connectivity index (χ1n) is 5.26. The largest absolute Gasteiger partial charge is 0.341 e. The number of pyridine rings is 1.